The van der Waals surface area contributed by atoms with E-state index in [0.717, 1.165) is 0 Å². The Labute approximate surface area is 97.9 Å². The van der Waals surface area contributed by atoms with Gasteiger partial charge in [-0.25, -0.2) is 4.39 Å². The number of alkyl halides is 3. The average molecular weight is 308 g/mol. The third-order valence-corrected chi connectivity index (χ3v) is 1.84. The Morgan fingerprint density at radius 3 is 2.38 bits per heavy atom. The Morgan fingerprint density at radius 1 is 1.31 bits per heavy atom. The second-order valence-electron chi connectivity index (χ2n) is 2.12. The van der Waals surface area contributed by atoms with Crippen LogP contribution in [0.1, 0.15) is 0 Å². The number of halogens is 5. The maximum absolute atomic E-state index is 13.0. The SMILES string of the molecule is Fc1cc(Br)ccc1OC(Cl)(Cl)Cl. The summed E-state index contributed by atoms with van der Waals surface area (Å²) >= 11 is 19.0. The molecule has 0 bridgehead atoms. The first-order chi connectivity index (χ1) is 5.88. The van der Waals surface area contributed by atoms with Crippen molar-refractivity contribution in [1.29, 1.82) is 0 Å². The predicted molar refractivity (Wildman–Crippen MR) is 55.0 cm³/mol. The molecule has 0 fully saturated rings. The second-order valence-corrected chi connectivity index (χ2v) is 5.22. The Morgan fingerprint density at radius 2 is 1.92 bits per heavy atom. The van der Waals surface area contributed by atoms with Crippen LogP contribution in [0.5, 0.6) is 5.75 Å². The maximum Gasteiger partial charge on any atom is 0.338 e. The van der Waals surface area contributed by atoms with Crippen LogP contribution in [0.25, 0.3) is 0 Å². The molecular formula is C7H3BrCl3FO. The second kappa shape index (κ2) is 4.22. The van der Waals surface area contributed by atoms with Crippen molar-refractivity contribution in [3.8, 4) is 5.75 Å². The lowest BCUT2D eigenvalue weighted by molar-refractivity contribution is 0.303. The van der Waals surface area contributed by atoms with Crippen LogP contribution in [-0.4, -0.2) is 3.98 Å². The topological polar surface area (TPSA) is 9.23 Å². The molecule has 0 spiro atoms. The molecule has 0 saturated carbocycles. The van der Waals surface area contributed by atoms with Gasteiger partial charge in [-0.2, -0.15) is 0 Å². The molecule has 0 heterocycles. The van der Waals surface area contributed by atoms with Crippen molar-refractivity contribution in [3.63, 3.8) is 0 Å². The highest BCUT2D eigenvalue weighted by molar-refractivity contribution is 9.10. The number of hydrogen-bond donors (Lipinski definition) is 0. The average Bonchev–Trinajstić information content (AvgIpc) is 1.93. The number of ether oxygens (including phenoxy) is 1. The summed E-state index contributed by atoms with van der Waals surface area (Å²) in [6, 6.07) is 4.15. The molecule has 0 aliphatic rings. The first kappa shape index (κ1) is 11.4. The van der Waals surface area contributed by atoms with Crippen LogP contribution in [0.4, 0.5) is 4.39 Å². The van der Waals surface area contributed by atoms with Gasteiger partial charge in [0.1, 0.15) is 0 Å². The first-order valence-electron chi connectivity index (χ1n) is 3.09. The minimum atomic E-state index is -1.95. The van der Waals surface area contributed by atoms with Gasteiger partial charge >= 0.3 is 3.98 Å². The van der Waals surface area contributed by atoms with E-state index in [0.29, 0.717) is 4.47 Å². The van der Waals surface area contributed by atoms with Crippen molar-refractivity contribution in [2.75, 3.05) is 0 Å². The summed E-state index contributed by atoms with van der Waals surface area (Å²) in [5.74, 6) is -0.705. The fraction of sp³-hybridized carbons (Fsp3) is 0.143. The molecule has 0 aliphatic heterocycles. The molecule has 0 saturated heterocycles. The molecule has 0 aliphatic carbocycles. The van der Waals surface area contributed by atoms with Crippen LogP contribution < -0.4 is 4.74 Å². The van der Waals surface area contributed by atoms with Crippen LogP contribution >= 0.6 is 50.7 Å². The Balaban J connectivity index is 2.90. The lowest BCUT2D eigenvalue weighted by Gasteiger charge is -2.13. The number of hydrogen-bond acceptors (Lipinski definition) is 1. The zero-order valence-corrected chi connectivity index (χ0v) is 9.88. The molecule has 0 atom stereocenters. The Kier molecular flexibility index (Phi) is 3.69. The lowest BCUT2D eigenvalue weighted by atomic mass is 10.3. The van der Waals surface area contributed by atoms with Gasteiger partial charge in [0.2, 0.25) is 0 Å². The van der Waals surface area contributed by atoms with E-state index in [1.807, 2.05) is 0 Å². The van der Waals surface area contributed by atoms with Crippen LogP contribution in [0.2, 0.25) is 0 Å². The zero-order chi connectivity index (χ0) is 10.1. The summed E-state index contributed by atoms with van der Waals surface area (Å²) < 4.78 is 16.4. The summed E-state index contributed by atoms with van der Waals surface area (Å²) in [6.45, 7) is 0. The van der Waals surface area contributed by atoms with Crippen molar-refractivity contribution in [1.82, 2.24) is 0 Å². The van der Waals surface area contributed by atoms with E-state index >= 15 is 0 Å². The minimum absolute atomic E-state index is 0.108. The van der Waals surface area contributed by atoms with Crippen LogP contribution in [0.15, 0.2) is 22.7 Å². The molecule has 1 rings (SSSR count). The summed E-state index contributed by atoms with van der Waals surface area (Å²) in [5, 5.41) is 0. The molecule has 0 aromatic heterocycles. The molecule has 0 amide bonds. The zero-order valence-electron chi connectivity index (χ0n) is 6.03. The maximum atomic E-state index is 13.0. The fourth-order valence-corrected chi connectivity index (χ4v) is 1.27. The molecule has 1 nitrogen and oxygen atoms in total. The van der Waals surface area contributed by atoms with Crippen LogP contribution in [0.3, 0.4) is 0 Å². The van der Waals surface area contributed by atoms with Gasteiger partial charge in [0, 0.05) is 4.47 Å². The quantitative estimate of drug-likeness (QED) is 0.703. The van der Waals surface area contributed by atoms with Crippen molar-refractivity contribution in [2.45, 2.75) is 3.98 Å². The molecule has 0 unspecified atom stereocenters. The molecular weight excluding hydrogens is 305 g/mol. The minimum Gasteiger partial charge on any atom is -0.442 e. The Hall–Kier alpha value is 0.300. The van der Waals surface area contributed by atoms with E-state index in [1.165, 1.54) is 12.1 Å². The summed E-state index contributed by atoms with van der Waals surface area (Å²) in [7, 11) is 0. The van der Waals surface area contributed by atoms with Gasteiger partial charge in [0.25, 0.3) is 0 Å². The van der Waals surface area contributed by atoms with E-state index in [2.05, 4.69) is 20.7 Å². The van der Waals surface area contributed by atoms with E-state index < -0.39 is 9.80 Å². The fourth-order valence-electron chi connectivity index (χ4n) is 0.683. The van der Waals surface area contributed by atoms with Gasteiger partial charge in [-0.05, 0) is 53.0 Å². The molecule has 72 valence electrons. The monoisotopic (exact) mass is 306 g/mol. The highest BCUT2D eigenvalue weighted by Gasteiger charge is 2.23. The summed E-state index contributed by atoms with van der Waals surface area (Å²) in [5.41, 5.74) is 0. The van der Waals surface area contributed by atoms with Crippen molar-refractivity contribution in [2.24, 2.45) is 0 Å². The molecule has 0 N–H and O–H groups in total. The third-order valence-electron chi connectivity index (χ3n) is 1.12. The van der Waals surface area contributed by atoms with Gasteiger partial charge in [0.05, 0.1) is 0 Å². The van der Waals surface area contributed by atoms with Crippen molar-refractivity contribution < 1.29 is 9.13 Å². The molecule has 1 aromatic carbocycles. The van der Waals surface area contributed by atoms with Gasteiger partial charge in [-0.3, -0.25) is 0 Å². The van der Waals surface area contributed by atoms with E-state index in [4.69, 9.17) is 34.8 Å². The normalized spacial score (nSPS) is 11.5. The molecule has 1 aromatic rings. The van der Waals surface area contributed by atoms with Gasteiger partial charge < -0.3 is 4.74 Å². The van der Waals surface area contributed by atoms with Gasteiger partial charge in [-0.15, -0.1) is 0 Å². The predicted octanol–water partition coefficient (Wildman–Crippen LogP) is 4.29. The van der Waals surface area contributed by atoms with E-state index in [9.17, 15) is 4.39 Å². The van der Waals surface area contributed by atoms with E-state index in [1.54, 1.807) is 6.07 Å². The smallest absolute Gasteiger partial charge is 0.338 e. The third kappa shape index (κ3) is 3.90. The largest absolute Gasteiger partial charge is 0.442 e. The number of benzene rings is 1. The van der Waals surface area contributed by atoms with E-state index in [-0.39, 0.29) is 5.75 Å². The lowest BCUT2D eigenvalue weighted by Crippen LogP contribution is -2.13. The molecule has 0 radical (unpaired) electrons. The highest BCUT2D eigenvalue weighted by Crippen LogP contribution is 2.32. The number of rotatable bonds is 1. The van der Waals surface area contributed by atoms with Crippen molar-refractivity contribution in [3.05, 3.63) is 28.5 Å². The van der Waals surface area contributed by atoms with Crippen LogP contribution in [-0.2, 0) is 0 Å². The summed E-state index contributed by atoms with van der Waals surface area (Å²) in [6.07, 6.45) is 0. The first-order valence-corrected chi connectivity index (χ1v) is 5.02. The van der Waals surface area contributed by atoms with Gasteiger partial charge in [0.15, 0.2) is 11.6 Å². The van der Waals surface area contributed by atoms with Crippen molar-refractivity contribution >= 4 is 50.7 Å². The molecule has 6 heteroatoms. The summed E-state index contributed by atoms with van der Waals surface area (Å²) in [4.78, 5) is 0. The van der Waals surface area contributed by atoms with Crippen LogP contribution in [0, 0.1) is 5.82 Å². The molecule has 13 heavy (non-hydrogen) atoms. The Bertz CT molecular complexity index is 313. The van der Waals surface area contributed by atoms with Gasteiger partial charge in [-0.1, -0.05) is 15.9 Å². The highest BCUT2D eigenvalue weighted by atomic mass is 79.9. The standard InChI is InChI=1S/C7H3BrCl3FO/c8-4-1-2-6(5(12)3-4)13-7(9,10)11/h1-3H.